The number of anilines is 2. The highest BCUT2D eigenvalue weighted by Crippen LogP contribution is 2.16. The molecule has 0 aliphatic rings. The number of hydrogen-bond donors (Lipinski definition) is 2. The third-order valence-electron chi connectivity index (χ3n) is 3.27. The number of rotatable bonds is 5. The number of carbonyl (C=O) groups is 1. The van der Waals surface area contributed by atoms with Gasteiger partial charge in [-0.15, -0.1) is 0 Å². The van der Waals surface area contributed by atoms with Crippen LogP contribution in [0.15, 0.2) is 42.6 Å². The lowest BCUT2D eigenvalue weighted by Crippen LogP contribution is -2.27. The molecular weight excluding hydrogens is 290 g/mol. The zero-order chi connectivity index (χ0) is 16.9. The van der Waals surface area contributed by atoms with Gasteiger partial charge in [-0.3, -0.25) is 5.32 Å². The number of aryl methyl sites for hydroxylation is 1. The second-order valence-corrected chi connectivity index (χ2v) is 6.34. The lowest BCUT2D eigenvalue weighted by Gasteiger charge is -2.19. The van der Waals surface area contributed by atoms with Crippen LogP contribution in [0.1, 0.15) is 33.4 Å². The molecule has 1 aromatic heterocycles. The monoisotopic (exact) mass is 315 g/mol. The first-order chi connectivity index (χ1) is 10.9. The Morgan fingerprint density at radius 3 is 2.39 bits per heavy atom. The summed E-state index contributed by atoms with van der Waals surface area (Å²) in [6.45, 7) is 9.37. The molecule has 2 aromatic rings. The number of ether oxygens (including phenoxy) is 1. The van der Waals surface area contributed by atoms with Crippen LogP contribution in [0.3, 0.4) is 0 Å². The fourth-order valence-electron chi connectivity index (χ4n) is 2.20. The van der Waals surface area contributed by atoms with E-state index in [0.29, 0.717) is 5.69 Å². The van der Waals surface area contributed by atoms with E-state index in [1.54, 1.807) is 0 Å². The van der Waals surface area contributed by atoms with Gasteiger partial charge in [0.15, 0.2) is 0 Å². The molecule has 23 heavy (non-hydrogen) atoms. The van der Waals surface area contributed by atoms with Gasteiger partial charge in [0.2, 0.25) is 0 Å². The Labute approximate surface area is 137 Å². The topological polar surface area (TPSA) is 55.3 Å². The van der Waals surface area contributed by atoms with E-state index < -0.39 is 11.7 Å². The van der Waals surface area contributed by atoms with E-state index in [1.165, 1.54) is 5.69 Å². The van der Waals surface area contributed by atoms with E-state index in [1.807, 2.05) is 51.1 Å². The van der Waals surface area contributed by atoms with Crippen molar-refractivity contribution in [1.29, 1.82) is 0 Å². The van der Waals surface area contributed by atoms with Gasteiger partial charge in [-0.25, -0.2) is 4.79 Å². The first kappa shape index (κ1) is 16.9. The molecule has 5 nitrogen and oxygen atoms in total. The van der Waals surface area contributed by atoms with Crippen molar-refractivity contribution in [3.8, 4) is 0 Å². The Morgan fingerprint density at radius 1 is 1.13 bits per heavy atom. The molecule has 1 amide bonds. The minimum absolute atomic E-state index is 0.445. The molecule has 0 unspecified atom stereocenters. The van der Waals surface area contributed by atoms with Gasteiger partial charge in [0.1, 0.15) is 5.60 Å². The maximum atomic E-state index is 11.7. The van der Waals surface area contributed by atoms with Gasteiger partial charge in [0, 0.05) is 29.8 Å². The fraction of sp³-hybridized carbons (Fsp3) is 0.389. The fourth-order valence-corrected chi connectivity index (χ4v) is 2.20. The standard InChI is InChI=1S/C18H25N3O2/c1-5-21-12-6-7-16(21)13-19-14-8-10-15(11-9-14)20-17(22)23-18(2,3)4/h6-12,19H,5,13H2,1-4H3,(H,20,22). The molecular formula is C18H25N3O2. The Morgan fingerprint density at radius 2 is 1.78 bits per heavy atom. The molecule has 0 fully saturated rings. The Hall–Kier alpha value is -2.43. The van der Waals surface area contributed by atoms with Gasteiger partial charge >= 0.3 is 6.09 Å². The van der Waals surface area contributed by atoms with Crippen molar-refractivity contribution in [2.24, 2.45) is 0 Å². The minimum atomic E-state index is -0.500. The largest absolute Gasteiger partial charge is 0.444 e. The average molecular weight is 315 g/mol. The molecule has 0 aliphatic heterocycles. The van der Waals surface area contributed by atoms with Gasteiger partial charge < -0.3 is 14.6 Å². The zero-order valence-corrected chi connectivity index (χ0v) is 14.2. The van der Waals surface area contributed by atoms with Crippen LogP contribution in [0.5, 0.6) is 0 Å². The first-order valence-corrected chi connectivity index (χ1v) is 7.85. The van der Waals surface area contributed by atoms with Crippen LogP contribution in [-0.2, 0) is 17.8 Å². The molecule has 0 bridgehead atoms. The van der Waals surface area contributed by atoms with Crippen molar-refractivity contribution in [2.75, 3.05) is 10.6 Å². The SMILES string of the molecule is CCn1cccc1CNc1ccc(NC(=O)OC(C)(C)C)cc1. The smallest absolute Gasteiger partial charge is 0.412 e. The Kier molecular flexibility index (Phi) is 5.32. The van der Waals surface area contributed by atoms with Gasteiger partial charge in [0.25, 0.3) is 0 Å². The summed E-state index contributed by atoms with van der Waals surface area (Å²) < 4.78 is 7.43. The van der Waals surface area contributed by atoms with Gasteiger partial charge in [-0.05, 0) is 64.1 Å². The minimum Gasteiger partial charge on any atom is -0.444 e. The highest BCUT2D eigenvalue weighted by molar-refractivity contribution is 5.85. The van der Waals surface area contributed by atoms with Crippen LogP contribution in [0.25, 0.3) is 0 Å². The second-order valence-electron chi connectivity index (χ2n) is 6.34. The Bertz CT molecular complexity index is 639. The van der Waals surface area contributed by atoms with Crippen molar-refractivity contribution >= 4 is 17.5 Å². The molecule has 5 heteroatoms. The van der Waals surface area contributed by atoms with Crippen LogP contribution >= 0.6 is 0 Å². The molecule has 0 aliphatic carbocycles. The number of carbonyl (C=O) groups excluding carboxylic acids is 1. The zero-order valence-electron chi connectivity index (χ0n) is 14.2. The summed E-state index contributed by atoms with van der Waals surface area (Å²) >= 11 is 0. The first-order valence-electron chi connectivity index (χ1n) is 7.85. The lowest BCUT2D eigenvalue weighted by molar-refractivity contribution is 0.0636. The van der Waals surface area contributed by atoms with E-state index in [9.17, 15) is 4.79 Å². The maximum absolute atomic E-state index is 11.7. The quantitative estimate of drug-likeness (QED) is 0.856. The summed E-state index contributed by atoms with van der Waals surface area (Å²) in [7, 11) is 0. The molecule has 2 rings (SSSR count). The van der Waals surface area contributed by atoms with E-state index in [-0.39, 0.29) is 0 Å². The van der Waals surface area contributed by atoms with Crippen LogP contribution < -0.4 is 10.6 Å². The highest BCUT2D eigenvalue weighted by Gasteiger charge is 2.16. The van der Waals surface area contributed by atoms with Gasteiger partial charge in [0.05, 0.1) is 6.54 Å². The summed E-state index contributed by atoms with van der Waals surface area (Å²) in [5.74, 6) is 0. The summed E-state index contributed by atoms with van der Waals surface area (Å²) in [5.41, 5.74) is 2.45. The number of nitrogens with zero attached hydrogens (tertiary/aromatic N) is 1. The van der Waals surface area contributed by atoms with E-state index in [0.717, 1.165) is 18.8 Å². The highest BCUT2D eigenvalue weighted by atomic mass is 16.6. The lowest BCUT2D eigenvalue weighted by atomic mass is 10.2. The molecule has 0 saturated heterocycles. The van der Waals surface area contributed by atoms with Crippen LogP contribution in [0.4, 0.5) is 16.2 Å². The van der Waals surface area contributed by atoms with Crippen LogP contribution in [-0.4, -0.2) is 16.3 Å². The molecule has 0 spiro atoms. The molecule has 0 saturated carbocycles. The number of benzene rings is 1. The summed E-state index contributed by atoms with van der Waals surface area (Å²) in [5, 5.41) is 6.10. The van der Waals surface area contributed by atoms with Crippen molar-refractivity contribution in [1.82, 2.24) is 4.57 Å². The van der Waals surface area contributed by atoms with Crippen molar-refractivity contribution in [3.63, 3.8) is 0 Å². The van der Waals surface area contributed by atoms with E-state index >= 15 is 0 Å². The summed E-state index contributed by atoms with van der Waals surface area (Å²) in [6, 6.07) is 11.7. The van der Waals surface area contributed by atoms with Gasteiger partial charge in [-0.1, -0.05) is 0 Å². The van der Waals surface area contributed by atoms with Crippen molar-refractivity contribution < 1.29 is 9.53 Å². The maximum Gasteiger partial charge on any atom is 0.412 e. The number of nitrogens with one attached hydrogen (secondary N) is 2. The summed E-state index contributed by atoms with van der Waals surface area (Å²) in [4.78, 5) is 11.7. The predicted octanol–water partition coefficient (Wildman–Crippen LogP) is 4.47. The normalized spacial score (nSPS) is 11.1. The Balaban J connectivity index is 1.88. The van der Waals surface area contributed by atoms with E-state index in [2.05, 4.69) is 34.4 Å². The van der Waals surface area contributed by atoms with Crippen LogP contribution in [0, 0.1) is 0 Å². The summed E-state index contributed by atoms with van der Waals surface area (Å²) in [6.07, 6.45) is 1.63. The third kappa shape index (κ3) is 5.36. The van der Waals surface area contributed by atoms with Crippen LogP contribution in [0.2, 0.25) is 0 Å². The molecule has 1 aromatic carbocycles. The van der Waals surface area contributed by atoms with Crippen molar-refractivity contribution in [2.45, 2.75) is 46.4 Å². The second kappa shape index (κ2) is 7.22. The molecule has 0 atom stereocenters. The predicted molar refractivity (Wildman–Crippen MR) is 93.7 cm³/mol. The number of amides is 1. The average Bonchev–Trinajstić information content (AvgIpc) is 2.92. The third-order valence-corrected chi connectivity index (χ3v) is 3.27. The number of hydrogen-bond acceptors (Lipinski definition) is 3. The van der Waals surface area contributed by atoms with E-state index in [4.69, 9.17) is 4.74 Å². The van der Waals surface area contributed by atoms with Crippen molar-refractivity contribution in [3.05, 3.63) is 48.3 Å². The molecule has 124 valence electrons. The molecule has 0 radical (unpaired) electrons. The van der Waals surface area contributed by atoms with Gasteiger partial charge in [-0.2, -0.15) is 0 Å². The molecule has 1 heterocycles. The number of aromatic nitrogens is 1. The molecule has 2 N–H and O–H groups in total.